The molecule has 8 heteroatoms. The largest absolute Gasteiger partial charge is 0.325 e. The fraction of sp³-hybridized carbons (Fsp3) is 0.286. The van der Waals surface area contributed by atoms with Gasteiger partial charge >= 0.3 is 0 Å². The highest BCUT2D eigenvalue weighted by Gasteiger charge is 2.37. The van der Waals surface area contributed by atoms with Crippen LogP contribution >= 0.6 is 0 Å². The summed E-state index contributed by atoms with van der Waals surface area (Å²) in [6.07, 6.45) is 3.60. The molecule has 1 fully saturated rings. The number of nitrogens with zero attached hydrogens (tertiary/aromatic N) is 2. The summed E-state index contributed by atoms with van der Waals surface area (Å²) in [6.45, 7) is -0.136. The molecule has 0 aromatic heterocycles. The number of anilines is 2. The zero-order valence-electron chi connectivity index (χ0n) is 16.0. The van der Waals surface area contributed by atoms with Crippen LogP contribution in [0.3, 0.4) is 0 Å². The lowest BCUT2D eigenvalue weighted by atomic mass is 10.1. The van der Waals surface area contributed by atoms with Crippen molar-refractivity contribution < 1.29 is 18.0 Å². The number of hydrogen-bond acceptors (Lipinski definition) is 5. The molecule has 29 heavy (non-hydrogen) atoms. The van der Waals surface area contributed by atoms with E-state index in [2.05, 4.69) is 5.32 Å². The van der Waals surface area contributed by atoms with E-state index in [0.29, 0.717) is 17.1 Å². The zero-order valence-corrected chi connectivity index (χ0v) is 16.8. The molecular formula is C21H21N3O4S. The maximum atomic E-state index is 13.1. The highest BCUT2D eigenvalue weighted by molar-refractivity contribution is 7.90. The van der Waals surface area contributed by atoms with Crippen molar-refractivity contribution in [3.8, 4) is 0 Å². The SMILES string of the molecule is CS(=O)(=O)c1ccc(NC(=O)CN2C(=O)[C@@H]3CCCC3=Nc3ccccc32)cc1. The van der Waals surface area contributed by atoms with Crippen molar-refractivity contribution in [2.75, 3.05) is 23.0 Å². The summed E-state index contributed by atoms with van der Waals surface area (Å²) in [7, 11) is -3.30. The predicted molar refractivity (Wildman–Crippen MR) is 111 cm³/mol. The summed E-state index contributed by atoms with van der Waals surface area (Å²) in [4.78, 5) is 32.2. The number of benzene rings is 2. The van der Waals surface area contributed by atoms with Gasteiger partial charge in [0.2, 0.25) is 11.8 Å². The molecule has 0 bridgehead atoms. The van der Waals surface area contributed by atoms with E-state index < -0.39 is 9.84 Å². The first-order valence-corrected chi connectivity index (χ1v) is 11.3. The number of carbonyl (C=O) groups excluding carboxylic acids is 2. The molecule has 1 aliphatic heterocycles. The van der Waals surface area contributed by atoms with Crippen LogP contribution in [-0.4, -0.2) is 38.7 Å². The quantitative estimate of drug-likeness (QED) is 0.837. The molecule has 1 heterocycles. The Kier molecular flexibility index (Phi) is 4.96. The molecule has 0 saturated heterocycles. The number of sulfone groups is 1. The minimum absolute atomic E-state index is 0.103. The van der Waals surface area contributed by atoms with E-state index in [1.54, 1.807) is 6.07 Å². The monoisotopic (exact) mass is 411 g/mol. The maximum absolute atomic E-state index is 13.1. The third kappa shape index (κ3) is 3.93. The number of nitrogens with one attached hydrogen (secondary N) is 1. The van der Waals surface area contributed by atoms with Gasteiger partial charge in [0.15, 0.2) is 9.84 Å². The molecule has 0 unspecified atom stereocenters. The van der Waals surface area contributed by atoms with Crippen molar-refractivity contribution in [1.82, 2.24) is 0 Å². The first kappa shape index (κ1) is 19.3. The number of fused-ring (bicyclic) bond motifs is 2. The van der Waals surface area contributed by atoms with Gasteiger partial charge in [-0.15, -0.1) is 0 Å². The molecule has 0 radical (unpaired) electrons. The lowest BCUT2D eigenvalue weighted by molar-refractivity contribution is -0.122. The van der Waals surface area contributed by atoms with Gasteiger partial charge in [0.05, 0.1) is 22.2 Å². The standard InChI is InChI=1S/C21H21N3O4S/c1-29(27,28)15-11-9-14(10-12-15)22-20(25)13-24-19-8-3-2-6-18(19)23-17-7-4-5-16(17)21(24)26/h2-3,6,8-12,16H,4-5,7,13H2,1H3,(H,22,25)/t16-/m1/s1. The van der Waals surface area contributed by atoms with Gasteiger partial charge in [0.1, 0.15) is 6.54 Å². The molecule has 4 rings (SSSR count). The molecule has 2 aromatic rings. The summed E-state index contributed by atoms with van der Waals surface area (Å²) in [6, 6.07) is 13.3. The van der Waals surface area contributed by atoms with Crippen LogP contribution in [-0.2, 0) is 19.4 Å². The predicted octanol–water partition coefficient (Wildman–Crippen LogP) is 2.95. The topological polar surface area (TPSA) is 95.9 Å². The third-order valence-corrected chi connectivity index (χ3v) is 6.33. The van der Waals surface area contributed by atoms with Crippen molar-refractivity contribution >= 4 is 44.4 Å². The van der Waals surface area contributed by atoms with E-state index in [9.17, 15) is 18.0 Å². The minimum Gasteiger partial charge on any atom is -0.325 e. The third-order valence-electron chi connectivity index (χ3n) is 5.20. The number of aliphatic imine (C=N–C) groups is 1. The van der Waals surface area contributed by atoms with Crippen LogP contribution in [0.2, 0.25) is 0 Å². The fourth-order valence-electron chi connectivity index (χ4n) is 3.77. The molecule has 1 atom stereocenters. The van der Waals surface area contributed by atoms with Gasteiger partial charge in [-0.2, -0.15) is 0 Å². The van der Waals surface area contributed by atoms with Crippen LogP contribution in [0.1, 0.15) is 19.3 Å². The Morgan fingerprint density at radius 2 is 1.90 bits per heavy atom. The second-order valence-electron chi connectivity index (χ2n) is 7.31. The maximum Gasteiger partial charge on any atom is 0.244 e. The van der Waals surface area contributed by atoms with Crippen molar-refractivity contribution in [2.45, 2.75) is 24.2 Å². The number of hydrogen-bond donors (Lipinski definition) is 1. The van der Waals surface area contributed by atoms with Crippen molar-refractivity contribution in [1.29, 1.82) is 0 Å². The Morgan fingerprint density at radius 1 is 1.17 bits per heavy atom. The Hall–Kier alpha value is -3.00. The van der Waals surface area contributed by atoms with Gasteiger partial charge in [0.25, 0.3) is 0 Å². The van der Waals surface area contributed by atoms with Crippen molar-refractivity contribution in [3.63, 3.8) is 0 Å². The molecule has 2 amide bonds. The van der Waals surface area contributed by atoms with E-state index in [4.69, 9.17) is 4.99 Å². The second kappa shape index (κ2) is 7.44. The van der Waals surface area contributed by atoms with Crippen molar-refractivity contribution in [2.24, 2.45) is 10.9 Å². The number of carbonyl (C=O) groups is 2. The van der Waals surface area contributed by atoms with E-state index in [-0.39, 0.29) is 29.2 Å². The van der Waals surface area contributed by atoms with Gasteiger partial charge in [-0.1, -0.05) is 12.1 Å². The van der Waals surface area contributed by atoms with E-state index in [0.717, 1.165) is 31.2 Å². The molecule has 1 aliphatic carbocycles. The summed E-state index contributed by atoms with van der Waals surface area (Å²) in [5.74, 6) is -0.736. The lowest BCUT2D eigenvalue weighted by Gasteiger charge is -2.24. The molecule has 150 valence electrons. The average Bonchev–Trinajstić information content (AvgIpc) is 3.10. The molecule has 7 nitrogen and oxygen atoms in total. The Labute approximate surface area is 169 Å². The molecule has 2 aliphatic rings. The Morgan fingerprint density at radius 3 is 2.62 bits per heavy atom. The van der Waals surface area contributed by atoms with Gasteiger partial charge < -0.3 is 10.2 Å². The van der Waals surface area contributed by atoms with Crippen LogP contribution in [0, 0.1) is 5.92 Å². The lowest BCUT2D eigenvalue weighted by Crippen LogP contribution is -2.41. The average molecular weight is 411 g/mol. The molecular weight excluding hydrogens is 390 g/mol. The fourth-order valence-corrected chi connectivity index (χ4v) is 4.40. The van der Waals surface area contributed by atoms with Crippen LogP contribution < -0.4 is 10.2 Å². The summed E-state index contributed by atoms with van der Waals surface area (Å²) >= 11 is 0. The summed E-state index contributed by atoms with van der Waals surface area (Å²) in [5.41, 5.74) is 2.69. The van der Waals surface area contributed by atoms with Gasteiger partial charge in [-0.3, -0.25) is 14.6 Å². The number of rotatable bonds is 4. The summed E-state index contributed by atoms with van der Waals surface area (Å²) in [5, 5.41) is 2.73. The van der Waals surface area contributed by atoms with Crippen molar-refractivity contribution in [3.05, 3.63) is 48.5 Å². The van der Waals surface area contributed by atoms with E-state index in [1.165, 1.54) is 29.2 Å². The van der Waals surface area contributed by atoms with E-state index >= 15 is 0 Å². The van der Waals surface area contributed by atoms with Crippen LogP contribution in [0.5, 0.6) is 0 Å². The van der Waals surface area contributed by atoms with E-state index in [1.807, 2.05) is 18.2 Å². The second-order valence-corrected chi connectivity index (χ2v) is 9.32. The van der Waals surface area contributed by atoms with Gasteiger partial charge in [0, 0.05) is 17.7 Å². The number of para-hydroxylation sites is 2. The normalized spacial score (nSPS) is 18.5. The first-order valence-electron chi connectivity index (χ1n) is 9.41. The molecule has 2 aromatic carbocycles. The Bertz CT molecular complexity index is 1110. The van der Waals surface area contributed by atoms with Gasteiger partial charge in [-0.05, 0) is 55.7 Å². The van der Waals surface area contributed by atoms with Crippen LogP contribution in [0.4, 0.5) is 17.1 Å². The smallest absolute Gasteiger partial charge is 0.244 e. The minimum atomic E-state index is -3.30. The number of amides is 2. The van der Waals surface area contributed by atoms with Crippen LogP contribution in [0.25, 0.3) is 0 Å². The van der Waals surface area contributed by atoms with Gasteiger partial charge in [-0.25, -0.2) is 8.42 Å². The Balaban J connectivity index is 1.55. The molecule has 0 spiro atoms. The summed E-state index contributed by atoms with van der Waals surface area (Å²) < 4.78 is 23.1. The molecule has 1 N–H and O–H groups in total. The zero-order chi connectivity index (χ0) is 20.6. The highest BCUT2D eigenvalue weighted by Crippen LogP contribution is 2.37. The first-order chi connectivity index (χ1) is 13.8. The van der Waals surface area contributed by atoms with Crippen LogP contribution in [0.15, 0.2) is 58.4 Å². The highest BCUT2D eigenvalue weighted by atomic mass is 32.2. The molecule has 1 saturated carbocycles.